The molecular weight excluding hydrogens is 357 g/mol. The molecule has 3 N–H and O–H groups in total. The molecule has 0 atom stereocenters. The van der Waals surface area contributed by atoms with E-state index >= 15 is 0 Å². The number of nitrogens with one attached hydrogen (secondary N) is 1. The van der Waals surface area contributed by atoms with E-state index in [0.717, 1.165) is 6.20 Å². The fraction of sp³-hybridized carbons (Fsp3) is 0.231. The predicted molar refractivity (Wildman–Crippen MR) is 74.9 cm³/mol. The van der Waals surface area contributed by atoms with Crippen molar-refractivity contribution in [3.8, 4) is 0 Å². The molecule has 0 aliphatic carbocycles. The molecule has 0 aromatic heterocycles. The van der Waals surface area contributed by atoms with Gasteiger partial charge in [0.1, 0.15) is 0 Å². The van der Waals surface area contributed by atoms with Crippen LogP contribution < -0.4 is 9.67 Å². The summed E-state index contributed by atoms with van der Waals surface area (Å²) in [6, 6.07) is 5.36. The van der Waals surface area contributed by atoms with E-state index < -0.39 is 31.9 Å². The molecule has 1 heterocycles. The molecule has 0 bridgehead atoms. The van der Waals surface area contributed by atoms with Crippen molar-refractivity contribution in [2.24, 2.45) is 0 Å². The fourth-order valence-electron chi connectivity index (χ4n) is 1.69. The second-order valence-corrected chi connectivity index (χ2v) is 8.34. The summed E-state index contributed by atoms with van der Waals surface area (Å²) in [6.45, 7) is 2.88. The van der Waals surface area contributed by atoms with Gasteiger partial charge in [0.05, 0.1) is 0 Å². The molecule has 1 aliphatic heterocycles. The molecule has 2 rings (SSSR count). The van der Waals surface area contributed by atoms with Gasteiger partial charge in [0.2, 0.25) is 0 Å². The Kier molecular flexibility index (Phi) is 4.19. The number of carbonyl (C=O) groups is 2. The van der Waals surface area contributed by atoms with E-state index in [1.54, 1.807) is 0 Å². The average molecular weight is 371 g/mol. The zero-order valence-corrected chi connectivity index (χ0v) is 13.6. The number of anilines is 1. The van der Waals surface area contributed by atoms with Crippen molar-refractivity contribution >= 4 is 36.1 Å². The maximum atomic E-state index is 11.7. The van der Waals surface area contributed by atoms with Gasteiger partial charge in [-0.15, -0.1) is 0 Å². The standard InChI is InChI=1S/C13H14AsNO7/c1-13(2)21-11(16)10(12(17)22-13)7-15-9-5-3-8(4-6-9)14(18,19)20/h3-7,15H,1-2H3,(H2,18,19,20). The maximum absolute atomic E-state index is 11.7. The Bertz CT molecular complexity index is 665. The van der Waals surface area contributed by atoms with Crippen molar-refractivity contribution in [3.63, 3.8) is 0 Å². The number of hydrogen-bond acceptors (Lipinski definition) is 6. The quantitative estimate of drug-likeness (QED) is 0.278. The number of benzene rings is 1. The first-order valence-electron chi connectivity index (χ1n) is 6.18. The first-order valence-corrected chi connectivity index (χ1v) is 9.56. The Hall–Kier alpha value is -2.02. The van der Waals surface area contributed by atoms with Gasteiger partial charge >= 0.3 is 128 Å². The molecule has 118 valence electrons. The Balaban J connectivity index is 2.13. The van der Waals surface area contributed by atoms with Crippen molar-refractivity contribution in [3.05, 3.63) is 36.0 Å². The SMILES string of the molecule is CC1(C)OC(=O)C(=CNc2ccc([As](=O)(O)O)cc2)C(=O)O1. The number of carbonyl (C=O) groups excluding carboxylic acids is 2. The number of ether oxygens (including phenoxy) is 2. The monoisotopic (exact) mass is 371 g/mol. The van der Waals surface area contributed by atoms with Crippen LogP contribution in [0.4, 0.5) is 5.69 Å². The summed E-state index contributed by atoms with van der Waals surface area (Å²) in [6.07, 6.45) is 1.12. The number of esters is 2. The van der Waals surface area contributed by atoms with E-state index in [2.05, 4.69) is 5.32 Å². The summed E-state index contributed by atoms with van der Waals surface area (Å²) in [7, 11) is 0. The van der Waals surface area contributed by atoms with Crippen molar-refractivity contribution in [2.45, 2.75) is 19.6 Å². The van der Waals surface area contributed by atoms with Crippen LogP contribution in [0.5, 0.6) is 0 Å². The number of rotatable bonds is 3. The first-order chi connectivity index (χ1) is 10.1. The van der Waals surface area contributed by atoms with E-state index in [9.17, 15) is 13.3 Å². The molecule has 22 heavy (non-hydrogen) atoms. The van der Waals surface area contributed by atoms with Crippen LogP contribution in [0.3, 0.4) is 0 Å². The van der Waals surface area contributed by atoms with Gasteiger partial charge in [-0.25, -0.2) is 0 Å². The second kappa shape index (κ2) is 5.64. The van der Waals surface area contributed by atoms with Gasteiger partial charge in [-0.1, -0.05) is 0 Å². The van der Waals surface area contributed by atoms with Crippen LogP contribution in [0.15, 0.2) is 36.0 Å². The third-order valence-corrected chi connectivity index (χ3v) is 4.74. The van der Waals surface area contributed by atoms with Crippen molar-refractivity contribution in [2.75, 3.05) is 5.32 Å². The molecule has 1 aromatic carbocycles. The molecule has 9 heteroatoms. The molecule has 0 amide bonds. The van der Waals surface area contributed by atoms with Crippen molar-refractivity contribution in [1.29, 1.82) is 0 Å². The molecule has 0 saturated carbocycles. The molecule has 1 aromatic rings. The van der Waals surface area contributed by atoms with Crippen LogP contribution in [-0.4, -0.2) is 40.1 Å². The van der Waals surface area contributed by atoms with Crippen LogP contribution in [-0.2, 0) is 22.8 Å². The normalized spacial score (nSPS) is 17.5. The zero-order valence-electron chi connectivity index (χ0n) is 11.8. The predicted octanol–water partition coefficient (Wildman–Crippen LogP) is -0.621. The summed E-state index contributed by atoms with van der Waals surface area (Å²) in [4.78, 5) is 23.4. The Morgan fingerprint density at radius 3 is 2.05 bits per heavy atom. The third-order valence-electron chi connectivity index (χ3n) is 2.70. The van der Waals surface area contributed by atoms with Gasteiger partial charge in [0.25, 0.3) is 0 Å². The summed E-state index contributed by atoms with van der Waals surface area (Å²) >= 11 is -4.93. The summed E-state index contributed by atoms with van der Waals surface area (Å²) in [5, 5.41) is 2.67. The minimum atomic E-state index is -4.93. The summed E-state index contributed by atoms with van der Waals surface area (Å²) in [5.41, 5.74) is 0.133. The number of cyclic esters (lactones) is 2. The van der Waals surface area contributed by atoms with E-state index in [1.165, 1.54) is 38.1 Å². The van der Waals surface area contributed by atoms with Gasteiger partial charge in [0.15, 0.2) is 0 Å². The first kappa shape index (κ1) is 16.4. The van der Waals surface area contributed by atoms with E-state index in [4.69, 9.17) is 17.7 Å². The topological polar surface area (TPSA) is 122 Å². The van der Waals surface area contributed by atoms with Crippen LogP contribution in [0.25, 0.3) is 0 Å². The van der Waals surface area contributed by atoms with E-state index in [0.29, 0.717) is 5.69 Å². The molecule has 0 spiro atoms. The Labute approximate surface area is 128 Å². The molecule has 0 unspecified atom stereocenters. The Morgan fingerprint density at radius 2 is 1.59 bits per heavy atom. The van der Waals surface area contributed by atoms with Gasteiger partial charge in [-0.05, 0) is 0 Å². The molecule has 1 aliphatic rings. The second-order valence-electron chi connectivity index (χ2n) is 4.97. The van der Waals surface area contributed by atoms with Crippen LogP contribution in [0.2, 0.25) is 0 Å². The van der Waals surface area contributed by atoms with Crippen LogP contribution >= 0.6 is 0 Å². The number of hydrogen-bond donors (Lipinski definition) is 3. The average Bonchev–Trinajstić information content (AvgIpc) is 2.35. The van der Waals surface area contributed by atoms with Crippen LogP contribution in [0.1, 0.15) is 13.8 Å². The minimum absolute atomic E-state index is 0.0745. The van der Waals surface area contributed by atoms with Crippen molar-refractivity contribution in [1.82, 2.24) is 0 Å². The van der Waals surface area contributed by atoms with Gasteiger partial charge in [-0.3, -0.25) is 0 Å². The zero-order chi connectivity index (χ0) is 16.5. The third kappa shape index (κ3) is 3.79. The van der Waals surface area contributed by atoms with Gasteiger partial charge in [-0.2, -0.15) is 0 Å². The Morgan fingerprint density at radius 1 is 1.09 bits per heavy atom. The van der Waals surface area contributed by atoms with E-state index in [1.807, 2.05) is 0 Å². The van der Waals surface area contributed by atoms with Gasteiger partial charge in [0, 0.05) is 0 Å². The molecule has 1 saturated heterocycles. The van der Waals surface area contributed by atoms with E-state index in [-0.39, 0.29) is 9.92 Å². The fourth-order valence-corrected chi connectivity index (χ4v) is 2.81. The molecule has 0 radical (unpaired) electrons. The molecular formula is C13H14AsNO7. The van der Waals surface area contributed by atoms with Gasteiger partial charge < -0.3 is 0 Å². The summed E-state index contributed by atoms with van der Waals surface area (Å²) in [5.74, 6) is -2.94. The van der Waals surface area contributed by atoms with Crippen LogP contribution in [0, 0.1) is 0 Å². The van der Waals surface area contributed by atoms with Crippen molar-refractivity contribution < 1.29 is 31.0 Å². The molecule has 8 nitrogen and oxygen atoms in total. The summed E-state index contributed by atoms with van der Waals surface area (Å²) < 4.78 is 39.0. The molecule has 1 fully saturated rings.